The number of halogens is 1. The Bertz CT molecular complexity index is 585. The van der Waals surface area contributed by atoms with E-state index < -0.39 is 0 Å². The molecular formula is C16H16FNO2. The van der Waals surface area contributed by atoms with Gasteiger partial charge in [0.25, 0.3) is 0 Å². The molecule has 0 aromatic heterocycles. The molecule has 20 heavy (non-hydrogen) atoms. The van der Waals surface area contributed by atoms with Crippen molar-refractivity contribution in [1.82, 2.24) is 0 Å². The van der Waals surface area contributed by atoms with Gasteiger partial charge < -0.3 is 15.2 Å². The SMILES string of the molecule is N[C@H](Cc1ccc(F)cc1)[C@@H]1COc2ccccc2O1. The first-order valence-electron chi connectivity index (χ1n) is 6.61. The van der Waals surface area contributed by atoms with E-state index in [0.717, 1.165) is 17.1 Å². The Hall–Kier alpha value is -2.07. The second-order valence-corrected chi connectivity index (χ2v) is 4.91. The number of nitrogens with two attached hydrogens (primary N) is 1. The highest BCUT2D eigenvalue weighted by Crippen LogP contribution is 2.31. The monoisotopic (exact) mass is 273 g/mol. The molecule has 1 heterocycles. The molecule has 0 spiro atoms. The van der Waals surface area contributed by atoms with Gasteiger partial charge in [0.1, 0.15) is 18.5 Å². The van der Waals surface area contributed by atoms with Gasteiger partial charge in [0, 0.05) is 6.04 Å². The van der Waals surface area contributed by atoms with E-state index in [1.54, 1.807) is 12.1 Å². The van der Waals surface area contributed by atoms with E-state index in [1.165, 1.54) is 12.1 Å². The third-order valence-electron chi connectivity index (χ3n) is 3.39. The number of benzene rings is 2. The van der Waals surface area contributed by atoms with Gasteiger partial charge in [0.2, 0.25) is 0 Å². The molecule has 0 amide bonds. The van der Waals surface area contributed by atoms with Crippen LogP contribution in [0.2, 0.25) is 0 Å². The van der Waals surface area contributed by atoms with Crippen molar-refractivity contribution in [3.05, 3.63) is 59.9 Å². The van der Waals surface area contributed by atoms with Crippen molar-refractivity contribution in [3.8, 4) is 11.5 Å². The van der Waals surface area contributed by atoms with Crippen LogP contribution in [-0.2, 0) is 6.42 Å². The van der Waals surface area contributed by atoms with Crippen LogP contribution in [0.1, 0.15) is 5.56 Å². The summed E-state index contributed by atoms with van der Waals surface area (Å²) in [5.41, 5.74) is 7.16. The van der Waals surface area contributed by atoms with Crippen molar-refractivity contribution in [2.45, 2.75) is 18.6 Å². The van der Waals surface area contributed by atoms with Crippen LogP contribution in [0.15, 0.2) is 48.5 Å². The van der Waals surface area contributed by atoms with Gasteiger partial charge in [-0.2, -0.15) is 0 Å². The first kappa shape index (κ1) is 12.9. The average molecular weight is 273 g/mol. The largest absolute Gasteiger partial charge is 0.486 e. The summed E-state index contributed by atoms with van der Waals surface area (Å²) in [5, 5.41) is 0. The Morgan fingerprint density at radius 1 is 1.10 bits per heavy atom. The minimum atomic E-state index is -0.242. The smallest absolute Gasteiger partial charge is 0.161 e. The highest BCUT2D eigenvalue weighted by atomic mass is 19.1. The number of fused-ring (bicyclic) bond motifs is 1. The van der Waals surface area contributed by atoms with Gasteiger partial charge in [-0.3, -0.25) is 0 Å². The lowest BCUT2D eigenvalue weighted by atomic mass is 10.0. The Labute approximate surface area is 117 Å². The number of hydrogen-bond acceptors (Lipinski definition) is 3. The van der Waals surface area contributed by atoms with E-state index in [4.69, 9.17) is 15.2 Å². The molecule has 3 rings (SSSR count). The van der Waals surface area contributed by atoms with Crippen LogP contribution >= 0.6 is 0 Å². The maximum absolute atomic E-state index is 12.9. The molecule has 0 radical (unpaired) electrons. The molecule has 4 heteroatoms. The summed E-state index contributed by atoms with van der Waals surface area (Å²) in [4.78, 5) is 0. The summed E-state index contributed by atoms with van der Waals surface area (Å²) in [7, 11) is 0. The second kappa shape index (κ2) is 5.51. The average Bonchev–Trinajstić information content (AvgIpc) is 2.49. The van der Waals surface area contributed by atoms with Crippen molar-refractivity contribution in [3.63, 3.8) is 0 Å². The fraction of sp³-hybridized carbons (Fsp3) is 0.250. The van der Waals surface area contributed by atoms with Gasteiger partial charge in [-0.05, 0) is 36.2 Å². The van der Waals surface area contributed by atoms with E-state index in [2.05, 4.69) is 0 Å². The predicted octanol–water partition coefficient (Wildman–Crippen LogP) is 2.54. The molecule has 0 bridgehead atoms. The first-order valence-corrected chi connectivity index (χ1v) is 6.61. The van der Waals surface area contributed by atoms with Crippen LogP contribution in [0, 0.1) is 5.82 Å². The zero-order valence-corrected chi connectivity index (χ0v) is 11.0. The number of ether oxygens (including phenoxy) is 2. The first-order chi connectivity index (χ1) is 9.72. The van der Waals surface area contributed by atoms with Gasteiger partial charge in [-0.25, -0.2) is 4.39 Å². The van der Waals surface area contributed by atoms with Crippen molar-refractivity contribution < 1.29 is 13.9 Å². The molecule has 104 valence electrons. The molecule has 0 saturated carbocycles. The molecule has 2 aromatic carbocycles. The Morgan fingerprint density at radius 2 is 1.80 bits per heavy atom. The van der Waals surface area contributed by atoms with Gasteiger partial charge in [0.15, 0.2) is 11.5 Å². The summed E-state index contributed by atoms with van der Waals surface area (Å²) >= 11 is 0. The van der Waals surface area contributed by atoms with E-state index in [1.807, 2.05) is 24.3 Å². The summed E-state index contributed by atoms with van der Waals surface area (Å²) in [6, 6.07) is 13.7. The van der Waals surface area contributed by atoms with Crippen LogP contribution in [0.25, 0.3) is 0 Å². The predicted molar refractivity (Wildman–Crippen MR) is 74.4 cm³/mol. The minimum Gasteiger partial charge on any atom is -0.486 e. The summed E-state index contributed by atoms with van der Waals surface area (Å²) < 4.78 is 24.4. The number of hydrogen-bond donors (Lipinski definition) is 1. The second-order valence-electron chi connectivity index (χ2n) is 4.91. The van der Waals surface area contributed by atoms with Crippen LogP contribution in [0.4, 0.5) is 4.39 Å². The number of para-hydroxylation sites is 2. The molecule has 1 aliphatic heterocycles. The quantitative estimate of drug-likeness (QED) is 0.934. The summed E-state index contributed by atoms with van der Waals surface area (Å²) in [6.45, 7) is 0.430. The van der Waals surface area contributed by atoms with E-state index in [-0.39, 0.29) is 18.0 Å². The molecule has 0 fully saturated rings. The Kier molecular flexibility index (Phi) is 3.56. The van der Waals surface area contributed by atoms with Crippen LogP contribution in [-0.4, -0.2) is 18.8 Å². The molecule has 0 aliphatic carbocycles. The fourth-order valence-corrected chi connectivity index (χ4v) is 2.27. The maximum Gasteiger partial charge on any atom is 0.161 e. The van der Waals surface area contributed by atoms with Crippen LogP contribution in [0.5, 0.6) is 11.5 Å². The molecule has 3 nitrogen and oxygen atoms in total. The lowest BCUT2D eigenvalue weighted by Crippen LogP contribution is -2.46. The lowest BCUT2D eigenvalue weighted by molar-refractivity contribution is 0.0723. The standard InChI is InChI=1S/C16H16FNO2/c17-12-7-5-11(6-8-12)9-13(18)16-10-19-14-3-1-2-4-15(14)20-16/h1-8,13,16H,9-10,18H2/t13-,16+/m1/s1. The van der Waals surface area contributed by atoms with Crippen molar-refractivity contribution >= 4 is 0 Å². The van der Waals surface area contributed by atoms with E-state index in [0.29, 0.717) is 13.0 Å². The highest BCUT2D eigenvalue weighted by Gasteiger charge is 2.26. The van der Waals surface area contributed by atoms with Crippen LogP contribution in [0.3, 0.4) is 0 Å². The normalized spacial score (nSPS) is 18.6. The third-order valence-corrected chi connectivity index (χ3v) is 3.39. The van der Waals surface area contributed by atoms with Gasteiger partial charge >= 0.3 is 0 Å². The molecule has 1 aliphatic rings. The van der Waals surface area contributed by atoms with Gasteiger partial charge in [-0.1, -0.05) is 24.3 Å². The molecule has 0 saturated heterocycles. The van der Waals surface area contributed by atoms with Gasteiger partial charge in [0.05, 0.1) is 0 Å². The molecular weight excluding hydrogens is 257 g/mol. The Balaban J connectivity index is 1.67. The summed E-state index contributed by atoms with van der Waals surface area (Å²) in [5.74, 6) is 1.23. The van der Waals surface area contributed by atoms with Crippen molar-refractivity contribution in [2.24, 2.45) is 5.73 Å². The maximum atomic E-state index is 12.9. The van der Waals surface area contributed by atoms with Crippen molar-refractivity contribution in [1.29, 1.82) is 0 Å². The minimum absolute atomic E-state index is 0.199. The third kappa shape index (κ3) is 2.75. The topological polar surface area (TPSA) is 44.5 Å². The fourth-order valence-electron chi connectivity index (χ4n) is 2.27. The summed E-state index contributed by atoms with van der Waals surface area (Å²) in [6.07, 6.45) is 0.422. The zero-order valence-electron chi connectivity index (χ0n) is 11.0. The molecule has 2 atom stereocenters. The highest BCUT2D eigenvalue weighted by molar-refractivity contribution is 5.40. The zero-order chi connectivity index (χ0) is 13.9. The number of rotatable bonds is 3. The molecule has 2 aromatic rings. The Morgan fingerprint density at radius 3 is 2.55 bits per heavy atom. The molecule has 0 unspecified atom stereocenters. The van der Waals surface area contributed by atoms with Crippen LogP contribution < -0.4 is 15.2 Å². The van der Waals surface area contributed by atoms with Gasteiger partial charge in [-0.15, -0.1) is 0 Å². The lowest BCUT2D eigenvalue weighted by Gasteiger charge is -2.30. The van der Waals surface area contributed by atoms with E-state index in [9.17, 15) is 4.39 Å². The van der Waals surface area contributed by atoms with E-state index >= 15 is 0 Å². The van der Waals surface area contributed by atoms with Crippen molar-refractivity contribution in [2.75, 3.05) is 6.61 Å². The molecule has 2 N–H and O–H groups in total.